The minimum Gasteiger partial charge on any atom is -0.309 e. The summed E-state index contributed by atoms with van der Waals surface area (Å²) in [6.45, 7) is 0. The Morgan fingerprint density at radius 1 is 0.725 bits per heavy atom. The predicted octanol–water partition coefficient (Wildman–Crippen LogP) is 8.97. The fourth-order valence-corrected chi connectivity index (χ4v) is 6.73. The molecule has 1 atom stereocenters. The van der Waals surface area contributed by atoms with Gasteiger partial charge in [0.05, 0.1) is 22.6 Å². The highest BCUT2D eigenvalue weighted by atomic mass is 79.9. The van der Waals surface area contributed by atoms with Crippen LogP contribution < -0.4 is 0 Å². The molecule has 2 aliphatic rings. The molecule has 3 nitrogen and oxygen atoms in total. The molecule has 0 amide bonds. The summed E-state index contributed by atoms with van der Waals surface area (Å²) in [6.07, 6.45) is 2.61. The number of hydrogen-bond acceptors (Lipinski definition) is 2. The van der Waals surface area contributed by atoms with Gasteiger partial charge in [0.25, 0.3) is 0 Å². The van der Waals surface area contributed by atoms with Crippen LogP contribution in [0.2, 0.25) is 0 Å². The molecule has 0 saturated heterocycles. The minimum absolute atomic E-state index is 0.0281. The SMILES string of the molecule is O=C1C(Cc2ccc3c(c2)c2ccccc2n3-c2ccccc2)=Cc2ccc(Br)cc2C2C1=Nc1ccccc12. The first-order valence-corrected chi connectivity index (χ1v) is 14.2. The zero-order valence-electron chi connectivity index (χ0n) is 21.5. The van der Waals surface area contributed by atoms with E-state index in [9.17, 15) is 4.79 Å². The molecule has 0 radical (unpaired) electrons. The molecule has 0 bridgehead atoms. The van der Waals surface area contributed by atoms with Gasteiger partial charge in [0.1, 0.15) is 5.71 Å². The molecular formula is C36H23BrN2O. The van der Waals surface area contributed by atoms with E-state index >= 15 is 0 Å². The summed E-state index contributed by atoms with van der Waals surface area (Å²) >= 11 is 3.65. The van der Waals surface area contributed by atoms with Crippen molar-refractivity contribution in [2.45, 2.75) is 12.3 Å². The lowest BCUT2D eigenvalue weighted by molar-refractivity contribution is -0.109. The summed E-state index contributed by atoms with van der Waals surface area (Å²) in [4.78, 5) is 19.0. The molecule has 0 N–H and O–H groups in total. The summed E-state index contributed by atoms with van der Waals surface area (Å²) in [5.74, 6) is -0.128. The summed E-state index contributed by atoms with van der Waals surface area (Å²) < 4.78 is 3.31. The van der Waals surface area contributed by atoms with E-state index in [4.69, 9.17) is 4.99 Å². The molecule has 2 heterocycles. The highest BCUT2D eigenvalue weighted by Crippen LogP contribution is 2.44. The number of carbonyl (C=O) groups is 1. The van der Waals surface area contributed by atoms with E-state index in [0.717, 1.165) is 49.2 Å². The Morgan fingerprint density at radius 2 is 1.50 bits per heavy atom. The van der Waals surface area contributed by atoms with Crippen LogP contribution >= 0.6 is 15.9 Å². The number of nitrogens with zero attached hydrogens (tertiary/aromatic N) is 2. The zero-order valence-corrected chi connectivity index (χ0v) is 23.1. The van der Waals surface area contributed by atoms with E-state index in [1.807, 2.05) is 30.3 Å². The number of Topliss-reactive ketones (excluding diaryl/α,β-unsaturated/α-hetero) is 1. The van der Waals surface area contributed by atoms with Gasteiger partial charge in [-0.2, -0.15) is 0 Å². The van der Waals surface area contributed by atoms with Crippen molar-refractivity contribution in [2.75, 3.05) is 0 Å². The predicted molar refractivity (Wildman–Crippen MR) is 167 cm³/mol. The number of benzene rings is 5. The van der Waals surface area contributed by atoms with E-state index < -0.39 is 0 Å². The Morgan fingerprint density at radius 3 is 2.40 bits per heavy atom. The van der Waals surface area contributed by atoms with Crippen LogP contribution in [0.4, 0.5) is 5.69 Å². The van der Waals surface area contributed by atoms with Gasteiger partial charge in [-0.3, -0.25) is 4.79 Å². The van der Waals surface area contributed by atoms with Gasteiger partial charge in [-0.1, -0.05) is 82.7 Å². The lowest BCUT2D eigenvalue weighted by Gasteiger charge is -2.15. The van der Waals surface area contributed by atoms with Crippen molar-refractivity contribution in [3.05, 3.63) is 148 Å². The number of hydrogen-bond donors (Lipinski definition) is 0. The molecule has 190 valence electrons. The number of rotatable bonds is 3. The molecule has 0 saturated carbocycles. The fraction of sp³-hybridized carbons (Fsp3) is 0.0556. The molecular weight excluding hydrogens is 556 g/mol. The van der Waals surface area contributed by atoms with Gasteiger partial charge in [-0.05, 0) is 76.9 Å². The largest absolute Gasteiger partial charge is 0.309 e. The van der Waals surface area contributed by atoms with Crippen LogP contribution in [0.15, 0.2) is 130 Å². The lowest BCUT2D eigenvalue weighted by atomic mass is 9.85. The van der Waals surface area contributed by atoms with Gasteiger partial charge in [0.2, 0.25) is 5.78 Å². The summed E-state index contributed by atoms with van der Waals surface area (Å²) in [7, 11) is 0. The molecule has 1 aliphatic carbocycles. The number of allylic oxidation sites excluding steroid dienone is 1. The maximum Gasteiger partial charge on any atom is 0.204 e. The molecule has 1 aliphatic heterocycles. The molecule has 8 rings (SSSR count). The Labute approximate surface area is 240 Å². The van der Waals surface area contributed by atoms with Gasteiger partial charge in [-0.25, -0.2) is 4.99 Å². The third-order valence-corrected chi connectivity index (χ3v) is 8.62. The number of para-hydroxylation sites is 3. The topological polar surface area (TPSA) is 34.4 Å². The second kappa shape index (κ2) is 9.00. The number of aliphatic imine (C=N–C) groups is 1. The first-order valence-electron chi connectivity index (χ1n) is 13.5. The fourth-order valence-electron chi connectivity index (χ4n) is 6.35. The van der Waals surface area contributed by atoms with Crippen molar-refractivity contribution < 1.29 is 4.79 Å². The smallest absolute Gasteiger partial charge is 0.204 e. The number of carbonyl (C=O) groups excluding carboxylic acids is 1. The quantitative estimate of drug-likeness (QED) is 0.206. The molecule has 4 heteroatoms. The van der Waals surface area contributed by atoms with Crippen LogP contribution in [-0.2, 0) is 11.2 Å². The van der Waals surface area contributed by atoms with E-state index in [1.165, 1.54) is 16.3 Å². The summed E-state index contributed by atoms with van der Waals surface area (Å²) in [5.41, 5.74) is 10.1. The van der Waals surface area contributed by atoms with Gasteiger partial charge in [0.15, 0.2) is 0 Å². The van der Waals surface area contributed by atoms with Crippen LogP contribution in [0.5, 0.6) is 0 Å². The summed E-state index contributed by atoms with van der Waals surface area (Å²) in [5, 5.41) is 2.39. The maximum atomic E-state index is 14.1. The Hall–Kier alpha value is -4.54. The van der Waals surface area contributed by atoms with Gasteiger partial charge in [0, 0.05) is 32.9 Å². The lowest BCUT2D eigenvalue weighted by Crippen LogP contribution is -2.21. The van der Waals surface area contributed by atoms with Crippen LogP contribution in [0.25, 0.3) is 33.6 Å². The van der Waals surface area contributed by atoms with E-state index in [2.05, 4.69) is 112 Å². The molecule has 40 heavy (non-hydrogen) atoms. The molecule has 5 aromatic carbocycles. The minimum atomic E-state index is -0.156. The first-order chi connectivity index (χ1) is 19.7. The number of aromatic nitrogens is 1. The van der Waals surface area contributed by atoms with Crippen molar-refractivity contribution in [1.82, 2.24) is 4.57 Å². The first kappa shape index (κ1) is 23.4. The number of fused-ring (bicyclic) bond motifs is 8. The van der Waals surface area contributed by atoms with E-state index in [-0.39, 0.29) is 11.7 Å². The Kier molecular flexibility index (Phi) is 5.26. The maximum absolute atomic E-state index is 14.1. The number of ketones is 1. The molecule has 6 aromatic rings. The van der Waals surface area contributed by atoms with Crippen LogP contribution in [0.1, 0.15) is 28.2 Å². The van der Waals surface area contributed by atoms with Gasteiger partial charge < -0.3 is 4.57 Å². The summed E-state index contributed by atoms with van der Waals surface area (Å²) in [6, 6.07) is 40.0. The standard InChI is InChI=1S/C36H23BrN2O/c37-25-16-15-23-20-24(36(40)35-34(29(23)21-25)28-11-4-6-12-31(28)38-35)18-22-14-17-33-30(19-22)27-10-5-7-13-32(27)39(33)26-8-2-1-3-9-26/h1-17,19-21,34H,18H2. The Bertz CT molecular complexity index is 2070. The normalized spacial score (nSPS) is 15.8. The van der Waals surface area contributed by atoms with Crippen LogP contribution in [0, 0.1) is 0 Å². The van der Waals surface area contributed by atoms with E-state index in [1.54, 1.807) is 0 Å². The van der Waals surface area contributed by atoms with E-state index in [0.29, 0.717) is 12.1 Å². The van der Waals surface area contributed by atoms with Crippen molar-refractivity contribution in [3.63, 3.8) is 0 Å². The zero-order chi connectivity index (χ0) is 26.8. The van der Waals surface area contributed by atoms with Crippen molar-refractivity contribution in [1.29, 1.82) is 0 Å². The van der Waals surface area contributed by atoms with Gasteiger partial charge >= 0.3 is 0 Å². The molecule has 1 aromatic heterocycles. The molecule has 1 unspecified atom stereocenters. The second-order valence-electron chi connectivity index (χ2n) is 10.5. The third kappa shape index (κ3) is 3.56. The molecule has 0 spiro atoms. The average Bonchev–Trinajstić information content (AvgIpc) is 3.50. The monoisotopic (exact) mass is 578 g/mol. The third-order valence-electron chi connectivity index (χ3n) is 8.12. The molecule has 0 fully saturated rings. The second-order valence-corrected chi connectivity index (χ2v) is 11.4. The van der Waals surface area contributed by atoms with Crippen molar-refractivity contribution in [3.8, 4) is 5.69 Å². The van der Waals surface area contributed by atoms with Crippen LogP contribution in [-0.4, -0.2) is 16.1 Å². The van der Waals surface area contributed by atoms with Crippen molar-refractivity contribution >= 4 is 61.0 Å². The number of halogens is 1. The highest BCUT2D eigenvalue weighted by molar-refractivity contribution is 9.10. The van der Waals surface area contributed by atoms with Gasteiger partial charge in [-0.15, -0.1) is 0 Å². The highest BCUT2D eigenvalue weighted by Gasteiger charge is 2.37. The van der Waals surface area contributed by atoms with Crippen LogP contribution in [0.3, 0.4) is 0 Å². The van der Waals surface area contributed by atoms with Crippen molar-refractivity contribution in [2.24, 2.45) is 4.99 Å². The average molecular weight is 579 g/mol. The Balaban J connectivity index is 1.26.